The molecule has 0 spiro atoms. The van der Waals surface area contributed by atoms with Crippen molar-refractivity contribution in [3.05, 3.63) is 22.4 Å². The van der Waals surface area contributed by atoms with Crippen molar-refractivity contribution in [3.63, 3.8) is 0 Å². The van der Waals surface area contributed by atoms with Crippen molar-refractivity contribution in [2.24, 2.45) is 5.73 Å². The molecule has 1 fully saturated rings. The fourth-order valence-corrected chi connectivity index (χ4v) is 2.82. The second kappa shape index (κ2) is 6.38. The lowest BCUT2D eigenvalue weighted by atomic mass is 9.82. The van der Waals surface area contributed by atoms with Crippen LogP contribution in [0.15, 0.2) is 17.5 Å². The van der Waals surface area contributed by atoms with Gasteiger partial charge in [-0.2, -0.15) is 0 Å². The van der Waals surface area contributed by atoms with E-state index in [1.807, 2.05) is 17.5 Å². The topological polar surface area (TPSA) is 55.1 Å². The van der Waals surface area contributed by atoms with Crippen LogP contribution < -0.4 is 11.1 Å². The minimum atomic E-state index is -0.175. The predicted octanol–water partition coefficient (Wildman–Crippen LogP) is 2.56. The molecular weight excluding hydrogens is 256 g/mol. The van der Waals surface area contributed by atoms with Gasteiger partial charge in [-0.3, -0.25) is 4.79 Å². The summed E-state index contributed by atoms with van der Waals surface area (Å²) in [6, 6.07) is 3.72. The molecule has 1 saturated carbocycles. The van der Waals surface area contributed by atoms with Crippen molar-refractivity contribution in [2.75, 3.05) is 6.54 Å². The molecule has 0 aromatic carbocycles. The Labute approximate surface area is 112 Å². The lowest BCUT2D eigenvalue weighted by molar-refractivity contribution is 0.0942. The number of thiophene rings is 1. The fourth-order valence-electron chi connectivity index (χ4n) is 2.18. The van der Waals surface area contributed by atoms with Gasteiger partial charge in [0.2, 0.25) is 0 Å². The van der Waals surface area contributed by atoms with Crippen molar-refractivity contribution < 1.29 is 4.79 Å². The van der Waals surface area contributed by atoms with Crippen LogP contribution in [0.3, 0.4) is 0 Å². The van der Waals surface area contributed by atoms with Crippen molar-refractivity contribution in [2.45, 2.75) is 37.6 Å². The van der Waals surface area contributed by atoms with Gasteiger partial charge in [-0.05, 0) is 24.3 Å². The molecule has 0 unspecified atom stereocenters. The number of hydrogen-bond donors (Lipinski definition) is 2. The number of halogens is 1. The molecule has 3 N–H and O–H groups in total. The Morgan fingerprint density at radius 1 is 1.41 bits per heavy atom. The molecule has 1 amide bonds. The van der Waals surface area contributed by atoms with Gasteiger partial charge < -0.3 is 11.1 Å². The molecule has 1 aromatic rings. The minimum Gasteiger partial charge on any atom is -0.349 e. The average molecular weight is 275 g/mol. The van der Waals surface area contributed by atoms with Crippen molar-refractivity contribution in [3.8, 4) is 0 Å². The Bertz CT molecular complexity index is 347. The first-order valence-electron chi connectivity index (χ1n) is 5.80. The van der Waals surface area contributed by atoms with E-state index in [1.54, 1.807) is 0 Å². The van der Waals surface area contributed by atoms with Crippen LogP contribution >= 0.6 is 23.7 Å². The molecule has 2 rings (SSSR count). The predicted molar refractivity (Wildman–Crippen MR) is 73.9 cm³/mol. The molecular formula is C12H19ClN2OS. The zero-order valence-corrected chi connectivity index (χ0v) is 11.4. The third-order valence-electron chi connectivity index (χ3n) is 3.20. The summed E-state index contributed by atoms with van der Waals surface area (Å²) < 4.78 is 0. The van der Waals surface area contributed by atoms with Crippen LogP contribution in [0.25, 0.3) is 0 Å². The number of nitrogens with one attached hydrogen (secondary N) is 1. The van der Waals surface area contributed by atoms with Crippen LogP contribution in [0.4, 0.5) is 0 Å². The highest BCUT2D eigenvalue weighted by Gasteiger charge is 2.27. The van der Waals surface area contributed by atoms with Crippen LogP contribution in [0.1, 0.15) is 41.8 Å². The quantitative estimate of drug-likeness (QED) is 0.890. The highest BCUT2D eigenvalue weighted by Crippen LogP contribution is 2.25. The third kappa shape index (κ3) is 3.98. The molecule has 1 aromatic heterocycles. The molecule has 1 aliphatic rings. The third-order valence-corrected chi connectivity index (χ3v) is 4.06. The van der Waals surface area contributed by atoms with E-state index in [9.17, 15) is 4.79 Å². The van der Waals surface area contributed by atoms with E-state index in [-0.39, 0.29) is 23.9 Å². The number of nitrogens with two attached hydrogens (primary N) is 1. The normalized spacial score (nSPS) is 18.2. The van der Waals surface area contributed by atoms with Gasteiger partial charge >= 0.3 is 0 Å². The van der Waals surface area contributed by atoms with E-state index in [0.29, 0.717) is 6.54 Å². The highest BCUT2D eigenvalue weighted by atomic mass is 35.5. The maximum Gasteiger partial charge on any atom is 0.261 e. The first-order chi connectivity index (χ1) is 7.70. The van der Waals surface area contributed by atoms with E-state index >= 15 is 0 Å². The zero-order valence-electron chi connectivity index (χ0n) is 9.78. The second-order valence-electron chi connectivity index (χ2n) is 4.58. The monoisotopic (exact) mass is 274 g/mol. The molecule has 0 aliphatic heterocycles. The Morgan fingerprint density at radius 3 is 2.71 bits per heavy atom. The number of hydrogen-bond acceptors (Lipinski definition) is 3. The summed E-state index contributed by atoms with van der Waals surface area (Å²) in [5, 5.41) is 4.85. The summed E-state index contributed by atoms with van der Waals surface area (Å²) in [5.41, 5.74) is 6.07. The van der Waals surface area contributed by atoms with Crippen molar-refractivity contribution >= 4 is 29.7 Å². The molecule has 0 bridgehead atoms. The first-order valence-corrected chi connectivity index (χ1v) is 6.68. The lowest BCUT2D eigenvalue weighted by Crippen LogP contribution is -2.51. The molecule has 3 nitrogen and oxygen atoms in total. The summed E-state index contributed by atoms with van der Waals surface area (Å²) in [7, 11) is 0. The summed E-state index contributed by atoms with van der Waals surface area (Å²) in [5.74, 6) is 0.00500. The largest absolute Gasteiger partial charge is 0.349 e. The van der Waals surface area contributed by atoms with Crippen LogP contribution in [-0.4, -0.2) is 18.0 Å². The van der Waals surface area contributed by atoms with E-state index < -0.39 is 0 Å². The highest BCUT2D eigenvalue weighted by molar-refractivity contribution is 7.12. The van der Waals surface area contributed by atoms with Gasteiger partial charge in [0.15, 0.2) is 0 Å². The van der Waals surface area contributed by atoms with Crippen LogP contribution in [-0.2, 0) is 0 Å². The first kappa shape index (κ1) is 14.5. The number of carbonyl (C=O) groups excluding carboxylic acids is 1. The Balaban J connectivity index is 0.00000144. The van der Waals surface area contributed by atoms with Crippen LogP contribution in [0.2, 0.25) is 0 Å². The van der Waals surface area contributed by atoms with Gasteiger partial charge in [-0.25, -0.2) is 0 Å². The van der Waals surface area contributed by atoms with E-state index in [2.05, 4.69) is 5.32 Å². The van der Waals surface area contributed by atoms with E-state index in [1.165, 1.54) is 30.6 Å². The summed E-state index contributed by atoms with van der Waals surface area (Å²) in [6.45, 7) is 0.601. The molecule has 0 radical (unpaired) electrons. The minimum absolute atomic E-state index is 0. The van der Waals surface area contributed by atoms with E-state index in [4.69, 9.17) is 5.73 Å². The van der Waals surface area contributed by atoms with Crippen LogP contribution in [0, 0.1) is 0 Å². The SMILES string of the molecule is Cl.NC1(CNC(=O)c2cccs2)CCCCC1. The molecule has 0 atom stereocenters. The average Bonchev–Trinajstić information content (AvgIpc) is 2.80. The molecule has 1 heterocycles. The van der Waals surface area contributed by atoms with E-state index in [0.717, 1.165) is 17.7 Å². The fraction of sp³-hybridized carbons (Fsp3) is 0.583. The van der Waals surface area contributed by atoms with Gasteiger partial charge in [0, 0.05) is 12.1 Å². The van der Waals surface area contributed by atoms with Gasteiger partial charge in [0.1, 0.15) is 0 Å². The number of carbonyl (C=O) groups is 1. The number of amides is 1. The van der Waals surface area contributed by atoms with Crippen LogP contribution in [0.5, 0.6) is 0 Å². The Morgan fingerprint density at radius 2 is 2.12 bits per heavy atom. The molecule has 1 aliphatic carbocycles. The lowest BCUT2D eigenvalue weighted by Gasteiger charge is -2.33. The van der Waals surface area contributed by atoms with Gasteiger partial charge in [0.05, 0.1) is 4.88 Å². The Kier molecular flexibility index (Phi) is 5.43. The summed E-state index contributed by atoms with van der Waals surface area (Å²) in [4.78, 5) is 12.5. The number of rotatable bonds is 3. The van der Waals surface area contributed by atoms with Gasteiger partial charge in [-0.1, -0.05) is 25.3 Å². The standard InChI is InChI=1S/C12H18N2OS.ClH/c13-12(6-2-1-3-7-12)9-14-11(15)10-5-4-8-16-10;/h4-5,8H,1-3,6-7,9,13H2,(H,14,15);1H. The molecule has 96 valence electrons. The summed E-state index contributed by atoms with van der Waals surface area (Å²) in [6.07, 6.45) is 5.70. The second-order valence-corrected chi connectivity index (χ2v) is 5.53. The smallest absolute Gasteiger partial charge is 0.261 e. The molecule has 5 heteroatoms. The molecule has 0 saturated heterocycles. The van der Waals surface area contributed by atoms with Crippen molar-refractivity contribution in [1.29, 1.82) is 0 Å². The maximum absolute atomic E-state index is 11.7. The zero-order chi connectivity index (χ0) is 11.4. The van der Waals surface area contributed by atoms with Gasteiger partial charge in [-0.15, -0.1) is 23.7 Å². The molecule has 17 heavy (non-hydrogen) atoms. The van der Waals surface area contributed by atoms with Gasteiger partial charge in [0.25, 0.3) is 5.91 Å². The summed E-state index contributed by atoms with van der Waals surface area (Å²) >= 11 is 1.46. The maximum atomic E-state index is 11.7. The Hall–Kier alpha value is -0.580. The van der Waals surface area contributed by atoms with Crippen molar-refractivity contribution in [1.82, 2.24) is 5.32 Å².